The third-order valence-corrected chi connectivity index (χ3v) is 3.53. The molecule has 152 valence electrons. The Labute approximate surface area is 163 Å². The molecule has 0 aliphatic rings. The minimum absolute atomic E-state index is 0.0770. The van der Waals surface area contributed by atoms with Crippen LogP contribution in [0.25, 0.3) is 0 Å². The lowest BCUT2D eigenvalue weighted by molar-refractivity contribution is -0.137. The van der Waals surface area contributed by atoms with E-state index in [0.717, 1.165) is 18.2 Å². The average Bonchev–Trinajstić information content (AvgIpc) is 2.67. The fourth-order valence-electron chi connectivity index (χ4n) is 2.17. The van der Waals surface area contributed by atoms with Crippen LogP contribution in [0.2, 0.25) is 0 Å². The second kappa shape index (κ2) is 9.49. The minimum atomic E-state index is -4.54. The first kappa shape index (κ1) is 21.6. The highest BCUT2D eigenvalue weighted by Gasteiger charge is 2.30. The maximum Gasteiger partial charge on any atom is 0.416 e. The van der Waals surface area contributed by atoms with E-state index in [9.17, 15) is 27.6 Å². The van der Waals surface area contributed by atoms with Crippen LogP contribution in [-0.2, 0) is 20.5 Å². The molecule has 2 aromatic rings. The molecule has 0 saturated heterocycles. The van der Waals surface area contributed by atoms with Crippen molar-refractivity contribution in [1.82, 2.24) is 5.43 Å². The third kappa shape index (κ3) is 6.76. The van der Waals surface area contributed by atoms with Gasteiger partial charge in [0.25, 0.3) is 0 Å². The van der Waals surface area contributed by atoms with E-state index in [-0.39, 0.29) is 5.69 Å². The fraction of sp³-hybridized carbons (Fsp3) is 0.158. The molecule has 0 spiro atoms. The van der Waals surface area contributed by atoms with E-state index < -0.39 is 35.9 Å². The number of nitrogens with one attached hydrogen (secondary N) is 2. The molecule has 2 rings (SSSR count). The number of esters is 1. The third-order valence-electron chi connectivity index (χ3n) is 3.53. The van der Waals surface area contributed by atoms with Crippen molar-refractivity contribution in [3.05, 3.63) is 65.2 Å². The molecule has 0 atom stereocenters. The number of carbonyl (C=O) groups is 3. The molecule has 0 fully saturated rings. The first-order valence-corrected chi connectivity index (χ1v) is 8.16. The topological polar surface area (TPSA) is 96.9 Å². The van der Waals surface area contributed by atoms with Crippen molar-refractivity contribution in [2.75, 3.05) is 12.4 Å². The van der Waals surface area contributed by atoms with Gasteiger partial charge in [-0.2, -0.15) is 18.3 Å². The van der Waals surface area contributed by atoms with E-state index in [2.05, 4.69) is 20.6 Å². The zero-order valence-electron chi connectivity index (χ0n) is 15.1. The van der Waals surface area contributed by atoms with Crippen molar-refractivity contribution < 1.29 is 32.3 Å². The molecule has 0 bridgehead atoms. The summed E-state index contributed by atoms with van der Waals surface area (Å²) in [5.41, 5.74) is 2.06. The number of carbonyl (C=O) groups excluding carboxylic acids is 3. The Morgan fingerprint density at radius 1 is 1.07 bits per heavy atom. The SMILES string of the molecule is COC(=O)c1ccc(/C=N\NC(=O)CC(=O)Nc2cccc(C(F)(F)F)c2)cc1. The highest BCUT2D eigenvalue weighted by molar-refractivity contribution is 6.03. The Balaban J connectivity index is 1.85. The normalized spacial score (nSPS) is 11.2. The lowest BCUT2D eigenvalue weighted by atomic mass is 10.1. The van der Waals surface area contributed by atoms with Crippen LogP contribution in [0.5, 0.6) is 0 Å². The van der Waals surface area contributed by atoms with Crippen molar-refractivity contribution in [1.29, 1.82) is 0 Å². The van der Waals surface area contributed by atoms with Crippen LogP contribution in [0.4, 0.5) is 18.9 Å². The molecule has 0 aromatic heterocycles. The number of nitrogens with zero attached hydrogens (tertiary/aromatic N) is 1. The number of ether oxygens (including phenoxy) is 1. The van der Waals surface area contributed by atoms with Crippen LogP contribution in [0.15, 0.2) is 53.6 Å². The molecule has 0 aliphatic carbocycles. The van der Waals surface area contributed by atoms with E-state index in [1.165, 1.54) is 31.5 Å². The summed E-state index contributed by atoms with van der Waals surface area (Å²) in [4.78, 5) is 34.8. The summed E-state index contributed by atoms with van der Waals surface area (Å²) in [5.74, 6) is -2.04. The zero-order chi connectivity index (χ0) is 21.4. The predicted molar refractivity (Wildman–Crippen MR) is 98.2 cm³/mol. The van der Waals surface area contributed by atoms with Gasteiger partial charge in [-0.3, -0.25) is 9.59 Å². The number of anilines is 1. The molecular formula is C19H16F3N3O4. The van der Waals surface area contributed by atoms with Gasteiger partial charge in [-0.1, -0.05) is 18.2 Å². The van der Waals surface area contributed by atoms with Gasteiger partial charge >= 0.3 is 12.1 Å². The first-order chi connectivity index (χ1) is 13.7. The predicted octanol–water partition coefficient (Wildman–Crippen LogP) is 2.97. The van der Waals surface area contributed by atoms with Gasteiger partial charge in [-0.25, -0.2) is 10.2 Å². The smallest absolute Gasteiger partial charge is 0.416 e. The Morgan fingerprint density at radius 3 is 2.38 bits per heavy atom. The van der Waals surface area contributed by atoms with Crippen molar-refractivity contribution >= 4 is 29.7 Å². The molecule has 2 N–H and O–H groups in total. The van der Waals surface area contributed by atoms with Crippen molar-refractivity contribution in [3.63, 3.8) is 0 Å². The summed E-state index contributed by atoms with van der Waals surface area (Å²) in [6.45, 7) is 0. The standard InChI is InChI=1S/C19H16F3N3O4/c1-29-18(28)13-7-5-12(6-8-13)11-23-25-17(27)10-16(26)24-15-4-2-3-14(9-15)19(20,21)22/h2-9,11H,10H2,1H3,(H,24,26)(H,25,27)/b23-11-. The van der Waals surface area contributed by atoms with Gasteiger partial charge in [-0.15, -0.1) is 0 Å². The molecule has 29 heavy (non-hydrogen) atoms. The number of hydrogen-bond donors (Lipinski definition) is 2. The lowest BCUT2D eigenvalue weighted by Crippen LogP contribution is -2.24. The fourth-order valence-corrected chi connectivity index (χ4v) is 2.17. The summed E-state index contributed by atoms with van der Waals surface area (Å²) in [6, 6.07) is 10.2. The van der Waals surface area contributed by atoms with E-state index in [4.69, 9.17) is 0 Å². The number of methoxy groups -OCH3 is 1. The van der Waals surface area contributed by atoms with Crippen molar-refractivity contribution in [3.8, 4) is 0 Å². The second-order valence-electron chi connectivity index (χ2n) is 5.71. The molecule has 7 nitrogen and oxygen atoms in total. The van der Waals surface area contributed by atoms with Gasteiger partial charge in [0, 0.05) is 5.69 Å². The summed E-state index contributed by atoms with van der Waals surface area (Å²) < 4.78 is 42.5. The number of hydrogen-bond acceptors (Lipinski definition) is 5. The average molecular weight is 407 g/mol. The highest BCUT2D eigenvalue weighted by atomic mass is 19.4. The number of halogens is 3. The Morgan fingerprint density at radius 2 is 1.76 bits per heavy atom. The van der Waals surface area contributed by atoms with Gasteiger partial charge < -0.3 is 10.1 Å². The van der Waals surface area contributed by atoms with Gasteiger partial charge in [0.2, 0.25) is 11.8 Å². The number of alkyl halides is 3. The summed E-state index contributed by atoms with van der Waals surface area (Å²) >= 11 is 0. The van der Waals surface area contributed by atoms with Crippen LogP contribution in [0.3, 0.4) is 0 Å². The van der Waals surface area contributed by atoms with E-state index in [0.29, 0.717) is 11.1 Å². The van der Waals surface area contributed by atoms with Crippen LogP contribution >= 0.6 is 0 Å². The molecule has 0 radical (unpaired) electrons. The van der Waals surface area contributed by atoms with E-state index in [1.807, 2.05) is 0 Å². The molecule has 2 aromatic carbocycles. The van der Waals surface area contributed by atoms with Gasteiger partial charge in [0.05, 0.1) is 24.5 Å². The monoisotopic (exact) mass is 407 g/mol. The van der Waals surface area contributed by atoms with Crippen LogP contribution in [0.1, 0.15) is 27.9 Å². The summed E-state index contributed by atoms with van der Waals surface area (Å²) in [5, 5.41) is 5.89. The van der Waals surface area contributed by atoms with Crippen LogP contribution < -0.4 is 10.7 Å². The molecule has 10 heteroatoms. The molecule has 0 saturated carbocycles. The first-order valence-electron chi connectivity index (χ1n) is 8.16. The molecule has 0 heterocycles. The van der Waals surface area contributed by atoms with Gasteiger partial charge in [0.15, 0.2) is 0 Å². The summed E-state index contributed by atoms with van der Waals surface area (Å²) in [6.07, 6.45) is -3.87. The van der Waals surface area contributed by atoms with Gasteiger partial charge in [-0.05, 0) is 35.9 Å². The Kier molecular flexibility index (Phi) is 7.07. The van der Waals surface area contributed by atoms with E-state index in [1.54, 1.807) is 12.1 Å². The number of rotatable bonds is 6. The van der Waals surface area contributed by atoms with E-state index >= 15 is 0 Å². The molecule has 2 amide bonds. The zero-order valence-corrected chi connectivity index (χ0v) is 15.1. The number of benzene rings is 2. The summed E-state index contributed by atoms with van der Waals surface area (Å²) in [7, 11) is 1.26. The highest BCUT2D eigenvalue weighted by Crippen LogP contribution is 2.30. The molecule has 0 unspecified atom stereocenters. The number of hydrazone groups is 1. The Bertz CT molecular complexity index is 925. The molecular weight excluding hydrogens is 391 g/mol. The maximum atomic E-state index is 12.7. The lowest BCUT2D eigenvalue weighted by Gasteiger charge is -2.09. The maximum absolute atomic E-state index is 12.7. The van der Waals surface area contributed by atoms with Crippen LogP contribution in [-0.4, -0.2) is 31.1 Å². The quantitative estimate of drug-likeness (QED) is 0.333. The largest absolute Gasteiger partial charge is 0.465 e. The minimum Gasteiger partial charge on any atom is -0.465 e. The van der Waals surface area contributed by atoms with Crippen molar-refractivity contribution in [2.24, 2.45) is 5.10 Å². The number of amides is 2. The van der Waals surface area contributed by atoms with Crippen molar-refractivity contribution in [2.45, 2.75) is 12.6 Å². The van der Waals surface area contributed by atoms with Gasteiger partial charge in [0.1, 0.15) is 6.42 Å². The second-order valence-corrected chi connectivity index (χ2v) is 5.71. The van der Waals surface area contributed by atoms with Crippen LogP contribution in [0, 0.1) is 0 Å². The molecule has 0 aliphatic heterocycles. The Hall–Kier alpha value is -3.69.